The van der Waals surface area contributed by atoms with E-state index in [9.17, 15) is 45.8 Å². The van der Waals surface area contributed by atoms with Crippen molar-refractivity contribution in [2.75, 3.05) is 6.54 Å². The highest BCUT2D eigenvalue weighted by Gasteiger charge is 2.49. The zero-order valence-electron chi connectivity index (χ0n) is 21.5. The Morgan fingerprint density at radius 2 is 1.68 bits per heavy atom. The second kappa shape index (κ2) is 9.97. The number of benzene rings is 2. The van der Waals surface area contributed by atoms with Gasteiger partial charge in [0.25, 0.3) is 5.91 Å². The number of halogens is 6. The summed E-state index contributed by atoms with van der Waals surface area (Å²) < 4.78 is 85.3. The van der Waals surface area contributed by atoms with Crippen molar-refractivity contribution < 1.29 is 41.0 Å². The molecule has 2 aliphatic heterocycles. The maximum Gasteiger partial charge on any atom is 0.416 e. The molecule has 6 nitrogen and oxygen atoms in total. The normalized spacial score (nSPS) is 19.6. The van der Waals surface area contributed by atoms with E-state index in [-0.39, 0.29) is 16.9 Å². The average Bonchev–Trinajstić information content (AvgIpc) is 3.06. The first kappa shape index (κ1) is 28.8. The molecule has 2 aromatic carbocycles. The number of pyridine rings is 1. The molecular weight excluding hydrogens is 574 g/mol. The summed E-state index contributed by atoms with van der Waals surface area (Å²) in [4.78, 5) is 39.5. The largest absolute Gasteiger partial charge is 0.503 e. The van der Waals surface area contributed by atoms with Crippen LogP contribution in [0.1, 0.15) is 68.9 Å². The number of hydrogen-bond acceptors (Lipinski definition) is 5. The van der Waals surface area contributed by atoms with Crippen LogP contribution in [-0.2, 0) is 11.9 Å². The van der Waals surface area contributed by atoms with Crippen LogP contribution in [0, 0.1) is 0 Å². The molecule has 0 bridgehead atoms. The first-order valence-corrected chi connectivity index (χ1v) is 13.4. The number of aromatic nitrogens is 1. The molecule has 1 unspecified atom stereocenters. The number of nitrogens with zero attached hydrogens (tertiary/aromatic N) is 2. The number of alkyl halides is 6. The number of carbonyl (C=O) groups excluding carboxylic acids is 2. The second-order valence-electron chi connectivity index (χ2n) is 9.95. The molecular formula is C28H22F6N2O4S. The summed E-state index contributed by atoms with van der Waals surface area (Å²) in [5, 5.41) is 10.8. The van der Waals surface area contributed by atoms with E-state index in [1.165, 1.54) is 12.1 Å². The van der Waals surface area contributed by atoms with Gasteiger partial charge in [0.1, 0.15) is 6.04 Å². The number of carbonyl (C=O) groups is 2. The Labute approximate surface area is 233 Å². The third kappa shape index (κ3) is 4.79. The molecule has 216 valence electrons. The Bertz CT molecular complexity index is 1630. The number of aromatic hydroxyl groups is 1. The summed E-state index contributed by atoms with van der Waals surface area (Å²) in [5.74, 6) is -4.42. The van der Waals surface area contributed by atoms with Crippen molar-refractivity contribution in [2.24, 2.45) is 0 Å². The SMILES string of the molecule is CC(=O)c1cn2c(c(O)c1=O)C(=O)N([C@H](C)C(F)(F)F)CC2[C@@H]1c2ccccc2SCc2c1cccc2C(F)(F)F. The van der Waals surface area contributed by atoms with Crippen LogP contribution >= 0.6 is 11.8 Å². The highest BCUT2D eigenvalue weighted by molar-refractivity contribution is 7.98. The molecule has 3 atom stereocenters. The molecule has 13 heteroatoms. The van der Waals surface area contributed by atoms with Crippen molar-refractivity contribution in [3.8, 4) is 5.75 Å². The molecule has 5 rings (SSSR count). The van der Waals surface area contributed by atoms with Gasteiger partial charge in [-0.2, -0.15) is 26.3 Å². The number of fused-ring (bicyclic) bond motifs is 3. The number of Topliss-reactive ketones (excluding diaryl/α,β-unsaturated/α-hetero) is 1. The van der Waals surface area contributed by atoms with E-state index in [0.717, 1.165) is 42.4 Å². The fraction of sp³-hybridized carbons (Fsp3) is 0.321. The molecule has 1 amide bonds. The molecule has 1 aromatic heterocycles. The first-order valence-electron chi connectivity index (χ1n) is 12.4. The molecule has 41 heavy (non-hydrogen) atoms. The molecule has 0 saturated heterocycles. The molecule has 0 radical (unpaired) electrons. The van der Waals surface area contributed by atoms with Gasteiger partial charge in [-0.15, -0.1) is 11.8 Å². The van der Waals surface area contributed by atoms with Gasteiger partial charge in [-0.05, 0) is 42.7 Å². The summed E-state index contributed by atoms with van der Waals surface area (Å²) in [7, 11) is 0. The molecule has 0 spiro atoms. The molecule has 0 fully saturated rings. The number of ketones is 1. The Hall–Kier alpha value is -3.74. The lowest BCUT2D eigenvalue weighted by Crippen LogP contribution is -2.54. The van der Waals surface area contributed by atoms with E-state index in [0.29, 0.717) is 15.4 Å². The van der Waals surface area contributed by atoms with Crippen LogP contribution in [0.2, 0.25) is 0 Å². The van der Waals surface area contributed by atoms with Crippen LogP contribution in [0.5, 0.6) is 5.75 Å². The predicted molar refractivity (Wildman–Crippen MR) is 137 cm³/mol. The summed E-state index contributed by atoms with van der Waals surface area (Å²) in [6.07, 6.45) is -8.61. The van der Waals surface area contributed by atoms with E-state index >= 15 is 0 Å². The maximum atomic E-state index is 14.1. The first-order chi connectivity index (χ1) is 19.1. The van der Waals surface area contributed by atoms with Crippen molar-refractivity contribution in [3.63, 3.8) is 0 Å². The van der Waals surface area contributed by atoms with E-state index < -0.39 is 76.6 Å². The highest BCUT2D eigenvalue weighted by Crippen LogP contribution is 2.50. The van der Waals surface area contributed by atoms with Crippen molar-refractivity contribution in [1.29, 1.82) is 0 Å². The minimum atomic E-state index is -4.89. The maximum absolute atomic E-state index is 14.1. The standard InChI is InChI=1S/C28H22F6N2O4S/c1-13(37)17-10-36-20(11-35(14(2)27(29,30)31)26(40)23(36)25(39)24(17)38)22-15-7-5-8-19(28(32,33)34)18(15)12-41-21-9-4-3-6-16(21)22/h3-10,14,20,22,39H,11-12H2,1-2H3/t14-,20?,22+/m1/s1. The van der Waals surface area contributed by atoms with Crippen LogP contribution < -0.4 is 5.43 Å². The monoisotopic (exact) mass is 596 g/mol. The van der Waals surface area contributed by atoms with Crippen molar-refractivity contribution in [1.82, 2.24) is 9.47 Å². The van der Waals surface area contributed by atoms with Crippen molar-refractivity contribution in [2.45, 2.75) is 54.8 Å². The third-order valence-corrected chi connectivity index (χ3v) is 8.71. The number of amides is 1. The van der Waals surface area contributed by atoms with E-state index in [1.54, 1.807) is 24.3 Å². The second-order valence-corrected chi connectivity index (χ2v) is 11.0. The van der Waals surface area contributed by atoms with Crippen molar-refractivity contribution >= 4 is 23.5 Å². The van der Waals surface area contributed by atoms with Crippen LogP contribution in [0.3, 0.4) is 0 Å². The van der Waals surface area contributed by atoms with Gasteiger partial charge >= 0.3 is 12.4 Å². The number of rotatable bonds is 3. The summed E-state index contributed by atoms with van der Waals surface area (Å²) in [6.45, 7) is 1.16. The lowest BCUT2D eigenvalue weighted by molar-refractivity contribution is -0.174. The average molecular weight is 597 g/mol. The number of hydrogen-bond donors (Lipinski definition) is 1. The van der Waals surface area contributed by atoms with Crippen molar-refractivity contribution in [3.05, 3.63) is 92.4 Å². The van der Waals surface area contributed by atoms with Crippen LogP contribution in [0.25, 0.3) is 0 Å². The van der Waals surface area contributed by atoms with Gasteiger partial charge in [0, 0.05) is 29.3 Å². The van der Waals surface area contributed by atoms with Gasteiger partial charge in [-0.1, -0.05) is 30.3 Å². The van der Waals surface area contributed by atoms with Crippen LogP contribution in [0.15, 0.2) is 58.4 Å². The Kier molecular flexibility index (Phi) is 6.99. The van der Waals surface area contributed by atoms with Crippen LogP contribution in [0.4, 0.5) is 26.3 Å². The lowest BCUT2D eigenvalue weighted by Gasteiger charge is -2.43. The Morgan fingerprint density at radius 3 is 2.32 bits per heavy atom. The topological polar surface area (TPSA) is 79.6 Å². The summed E-state index contributed by atoms with van der Waals surface area (Å²) in [5.41, 5.74) is -2.82. The van der Waals surface area contributed by atoms with Gasteiger partial charge in [0.15, 0.2) is 17.2 Å². The van der Waals surface area contributed by atoms with E-state index in [4.69, 9.17) is 0 Å². The Balaban J connectivity index is 1.86. The van der Waals surface area contributed by atoms with Gasteiger partial charge < -0.3 is 14.6 Å². The highest BCUT2D eigenvalue weighted by atomic mass is 32.2. The van der Waals surface area contributed by atoms with Gasteiger partial charge in [0.05, 0.1) is 17.2 Å². The lowest BCUT2D eigenvalue weighted by atomic mass is 9.80. The molecule has 2 aliphatic rings. The predicted octanol–water partition coefficient (Wildman–Crippen LogP) is 6.16. The van der Waals surface area contributed by atoms with E-state index in [2.05, 4.69) is 0 Å². The smallest absolute Gasteiger partial charge is 0.416 e. The molecule has 0 aliphatic carbocycles. The quantitative estimate of drug-likeness (QED) is 0.290. The van der Waals surface area contributed by atoms with Gasteiger partial charge in [-0.25, -0.2) is 0 Å². The summed E-state index contributed by atoms with van der Waals surface area (Å²) in [6, 6.07) is 6.65. The van der Waals surface area contributed by atoms with Crippen LogP contribution in [-0.4, -0.2) is 45.0 Å². The van der Waals surface area contributed by atoms with Gasteiger partial charge in [-0.3, -0.25) is 14.4 Å². The number of thioether (sulfide) groups is 1. The zero-order valence-corrected chi connectivity index (χ0v) is 22.3. The summed E-state index contributed by atoms with van der Waals surface area (Å²) >= 11 is 1.13. The van der Waals surface area contributed by atoms with Gasteiger partial charge in [0.2, 0.25) is 5.43 Å². The fourth-order valence-electron chi connectivity index (χ4n) is 5.55. The van der Waals surface area contributed by atoms with E-state index in [1.807, 2.05) is 0 Å². The zero-order chi connectivity index (χ0) is 30.0. The minimum Gasteiger partial charge on any atom is -0.503 e. The molecule has 3 heterocycles. The third-order valence-electron chi connectivity index (χ3n) is 7.60. The molecule has 3 aromatic rings. The fourth-order valence-corrected chi connectivity index (χ4v) is 6.71. The minimum absolute atomic E-state index is 0.0721. The molecule has 1 N–H and O–H groups in total. The Morgan fingerprint density at radius 1 is 1.02 bits per heavy atom. The molecule has 0 saturated carbocycles.